The Morgan fingerprint density at radius 1 is 1.12 bits per heavy atom. The van der Waals surface area contributed by atoms with Gasteiger partial charge in [0.25, 0.3) is 5.56 Å². The Kier molecular flexibility index (Phi) is 4.71. The first-order valence-corrected chi connectivity index (χ1v) is 8.47. The Morgan fingerprint density at radius 3 is 2.40 bits per heavy atom. The molecule has 0 spiro atoms. The van der Waals surface area contributed by atoms with E-state index in [0.717, 1.165) is 24.5 Å². The fourth-order valence-electron chi connectivity index (χ4n) is 3.06. The number of aryl methyl sites for hydroxylation is 2. The molecule has 1 aliphatic heterocycles. The molecular formula is C17H24N6O2. The van der Waals surface area contributed by atoms with E-state index >= 15 is 0 Å². The lowest BCUT2D eigenvalue weighted by Gasteiger charge is -2.34. The minimum absolute atomic E-state index is 0.0757. The maximum absolute atomic E-state index is 12.8. The Labute approximate surface area is 146 Å². The summed E-state index contributed by atoms with van der Waals surface area (Å²) in [4.78, 5) is 29.0. The van der Waals surface area contributed by atoms with Crippen molar-refractivity contribution >= 4 is 5.91 Å². The Morgan fingerprint density at radius 2 is 1.80 bits per heavy atom. The van der Waals surface area contributed by atoms with Crippen molar-refractivity contribution in [2.75, 3.05) is 33.2 Å². The highest BCUT2D eigenvalue weighted by Gasteiger charge is 2.26. The summed E-state index contributed by atoms with van der Waals surface area (Å²) in [5, 5.41) is 8.79. The van der Waals surface area contributed by atoms with Crippen LogP contribution in [0, 0.1) is 13.8 Å². The second-order valence-electron chi connectivity index (χ2n) is 6.62. The average Bonchev–Trinajstić information content (AvgIpc) is 2.93. The van der Waals surface area contributed by atoms with Gasteiger partial charge in [-0.1, -0.05) is 0 Å². The topological polar surface area (TPSA) is 76.3 Å². The Balaban J connectivity index is 1.88. The van der Waals surface area contributed by atoms with E-state index in [0.29, 0.717) is 18.9 Å². The number of likely N-dealkylation sites (N-methyl/N-ethyl adjacent to an activating group) is 1. The molecule has 134 valence electrons. The third kappa shape index (κ3) is 3.48. The Hall–Kier alpha value is -2.48. The lowest BCUT2D eigenvalue weighted by atomic mass is 10.2. The predicted molar refractivity (Wildman–Crippen MR) is 93.9 cm³/mol. The normalized spacial score (nSPS) is 16.9. The predicted octanol–water partition coefficient (Wildman–Crippen LogP) is 0.381. The number of carbonyl (C=O) groups is 1. The zero-order valence-electron chi connectivity index (χ0n) is 15.1. The van der Waals surface area contributed by atoms with Gasteiger partial charge in [0.15, 0.2) is 5.82 Å². The van der Waals surface area contributed by atoms with Gasteiger partial charge < -0.3 is 9.80 Å². The third-order valence-electron chi connectivity index (χ3n) is 4.58. The first kappa shape index (κ1) is 17.3. The quantitative estimate of drug-likeness (QED) is 0.805. The molecule has 1 amide bonds. The van der Waals surface area contributed by atoms with E-state index in [1.807, 2.05) is 27.0 Å². The van der Waals surface area contributed by atoms with Gasteiger partial charge in [-0.15, -0.1) is 5.10 Å². The van der Waals surface area contributed by atoms with Crippen molar-refractivity contribution in [2.24, 2.45) is 0 Å². The molecule has 1 saturated heterocycles. The van der Waals surface area contributed by atoms with Gasteiger partial charge in [-0.25, -0.2) is 9.36 Å². The molecule has 1 fully saturated rings. The van der Waals surface area contributed by atoms with Crippen molar-refractivity contribution < 1.29 is 4.79 Å². The van der Waals surface area contributed by atoms with Crippen LogP contribution >= 0.6 is 0 Å². The summed E-state index contributed by atoms with van der Waals surface area (Å²) in [6.07, 6.45) is 0. The summed E-state index contributed by atoms with van der Waals surface area (Å²) in [5.41, 5.74) is 1.51. The van der Waals surface area contributed by atoms with Crippen molar-refractivity contribution in [3.63, 3.8) is 0 Å². The molecular weight excluding hydrogens is 320 g/mol. The van der Waals surface area contributed by atoms with Crippen LogP contribution in [0.2, 0.25) is 0 Å². The van der Waals surface area contributed by atoms with Gasteiger partial charge in [0, 0.05) is 37.9 Å². The monoisotopic (exact) mass is 344 g/mol. The Bertz CT molecular complexity index is 832. The zero-order valence-corrected chi connectivity index (χ0v) is 15.1. The third-order valence-corrected chi connectivity index (χ3v) is 4.58. The second-order valence-corrected chi connectivity index (χ2v) is 6.62. The fourth-order valence-corrected chi connectivity index (χ4v) is 3.06. The molecule has 8 nitrogen and oxygen atoms in total. The van der Waals surface area contributed by atoms with Crippen molar-refractivity contribution in [3.8, 4) is 5.82 Å². The van der Waals surface area contributed by atoms with Crippen LogP contribution in [-0.4, -0.2) is 68.5 Å². The van der Waals surface area contributed by atoms with Crippen LogP contribution in [0.25, 0.3) is 5.82 Å². The number of rotatable bonds is 3. The number of nitrogens with zero attached hydrogens (tertiary/aromatic N) is 6. The first-order chi connectivity index (χ1) is 11.9. The fraction of sp³-hybridized carbons (Fsp3) is 0.529. The van der Waals surface area contributed by atoms with E-state index in [4.69, 9.17) is 0 Å². The van der Waals surface area contributed by atoms with Crippen LogP contribution < -0.4 is 5.56 Å². The van der Waals surface area contributed by atoms with Gasteiger partial charge in [0.2, 0.25) is 5.91 Å². The van der Waals surface area contributed by atoms with E-state index in [2.05, 4.69) is 15.1 Å². The molecule has 25 heavy (non-hydrogen) atoms. The van der Waals surface area contributed by atoms with Gasteiger partial charge in [-0.05, 0) is 40.0 Å². The second kappa shape index (κ2) is 6.79. The lowest BCUT2D eigenvalue weighted by molar-refractivity contribution is -0.136. The molecule has 0 aliphatic carbocycles. The number of hydrogen-bond acceptors (Lipinski definition) is 5. The number of piperazine rings is 1. The SMILES string of the molecule is Cc1cc(C)n(-c2ccc(=O)n(C(C)C(=O)N3CCN(C)CC3)n2)n1. The molecule has 2 aromatic rings. The van der Waals surface area contributed by atoms with Gasteiger partial charge >= 0.3 is 0 Å². The van der Waals surface area contributed by atoms with Crippen molar-refractivity contribution in [1.29, 1.82) is 0 Å². The largest absolute Gasteiger partial charge is 0.338 e. The number of amides is 1. The maximum atomic E-state index is 12.8. The van der Waals surface area contributed by atoms with E-state index in [9.17, 15) is 9.59 Å². The average molecular weight is 344 g/mol. The van der Waals surface area contributed by atoms with Crippen LogP contribution in [0.4, 0.5) is 0 Å². The van der Waals surface area contributed by atoms with Gasteiger partial charge in [-0.2, -0.15) is 5.10 Å². The van der Waals surface area contributed by atoms with Crippen LogP contribution in [0.1, 0.15) is 24.4 Å². The summed E-state index contributed by atoms with van der Waals surface area (Å²) in [5.74, 6) is 0.455. The van der Waals surface area contributed by atoms with E-state index in [1.165, 1.54) is 10.7 Å². The summed E-state index contributed by atoms with van der Waals surface area (Å²) in [7, 11) is 2.04. The van der Waals surface area contributed by atoms with E-state index in [1.54, 1.807) is 22.6 Å². The van der Waals surface area contributed by atoms with Crippen molar-refractivity contribution in [1.82, 2.24) is 29.4 Å². The van der Waals surface area contributed by atoms with Crippen molar-refractivity contribution in [3.05, 3.63) is 39.9 Å². The maximum Gasteiger partial charge on any atom is 0.267 e. The van der Waals surface area contributed by atoms with E-state index < -0.39 is 6.04 Å². The van der Waals surface area contributed by atoms with Crippen LogP contribution in [0.5, 0.6) is 0 Å². The highest BCUT2D eigenvalue weighted by molar-refractivity contribution is 5.80. The first-order valence-electron chi connectivity index (χ1n) is 8.47. The molecule has 0 N–H and O–H groups in total. The summed E-state index contributed by atoms with van der Waals surface area (Å²) < 4.78 is 2.94. The molecule has 8 heteroatoms. The highest BCUT2D eigenvalue weighted by atomic mass is 16.2. The van der Waals surface area contributed by atoms with Crippen LogP contribution in [0.3, 0.4) is 0 Å². The molecule has 3 rings (SSSR count). The molecule has 1 atom stereocenters. The summed E-state index contributed by atoms with van der Waals surface area (Å²) in [6.45, 7) is 8.57. The minimum Gasteiger partial charge on any atom is -0.338 e. The summed E-state index contributed by atoms with van der Waals surface area (Å²) in [6, 6.07) is 4.36. The molecule has 0 bridgehead atoms. The number of aromatic nitrogens is 4. The van der Waals surface area contributed by atoms with E-state index in [-0.39, 0.29) is 11.5 Å². The number of hydrogen-bond donors (Lipinski definition) is 0. The van der Waals surface area contributed by atoms with Crippen LogP contribution in [0.15, 0.2) is 23.0 Å². The standard InChI is InChI=1S/C17H24N6O2/c1-12-11-13(2)22(18-12)15-5-6-16(24)23(19-15)14(3)17(25)21-9-7-20(4)8-10-21/h5-6,11,14H,7-10H2,1-4H3. The van der Waals surface area contributed by atoms with Gasteiger partial charge in [0.1, 0.15) is 6.04 Å². The zero-order chi connectivity index (χ0) is 18.1. The molecule has 1 unspecified atom stereocenters. The molecule has 3 heterocycles. The molecule has 0 radical (unpaired) electrons. The highest BCUT2D eigenvalue weighted by Crippen LogP contribution is 2.12. The van der Waals surface area contributed by atoms with Crippen LogP contribution in [-0.2, 0) is 4.79 Å². The van der Waals surface area contributed by atoms with Gasteiger partial charge in [0.05, 0.1) is 5.69 Å². The molecule has 0 aromatic carbocycles. The minimum atomic E-state index is -0.646. The smallest absolute Gasteiger partial charge is 0.267 e. The molecule has 0 saturated carbocycles. The van der Waals surface area contributed by atoms with Crippen molar-refractivity contribution in [2.45, 2.75) is 26.8 Å². The lowest BCUT2D eigenvalue weighted by Crippen LogP contribution is -2.50. The molecule has 2 aromatic heterocycles. The van der Waals surface area contributed by atoms with Gasteiger partial charge in [-0.3, -0.25) is 9.59 Å². The number of carbonyl (C=O) groups excluding carboxylic acids is 1. The summed E-state index contributed by atoms with van der Waals surface area (Å²) >= 11 is 0. The molecule has 1 aliphatic rings.